The van der Waals surface area contributed by atoms with Crippen LogP contribution in [0.2, 0.25) is 10.0 Å². The van der Waals surface area contributed by atoms with Crippen LogP contribution < -0.4 is 5.32 Å². The van der Waals surface area contributed by atoms with Crippen molar-refractivity contribution in [3.8, 4) is 5.69 Å². The van der Waals surface area contributed by atoms with Crippen LogP contribution in [0.3, 0.4) is 0 Å². The van der Waals surface area contributed by atoms with Gasteiger partial charge in [0.1, 0.15) is 0 Å². The van der Waals surface area contributed by atoms with Crippen molar-refractivity contribution in [2.45, 2.75) is 6.92 Å². The summed E-state index contributed by atoms with van der Waals surface area (Å²) in [5, 5.41) is 4.44. The Morgan fingerprint density at radius 1 is 1.38 bits per heavy atom. The normalized spacial score (nSPS) is 10.4. The van der Waals surface area contributed by atoms with Crippen LogP contribution in [0.4, 0.5) is 5.95 Å². The smallest absolute Gasteiger partial charge is 0.207 e. The number of rotatable bonds is 3. The molecule has 0 aliphatic rings. The molecule has 0 aliphatic carbocycles. The zero-order valence-electron chi connectivity index (χ0n) is 8.74. The standard InChI is InChI=1S/C11H11Cl2N3/c1-2-14-11-15-5-6-16(11)10-7-8(12)3-4-9(10)13/h3-7H,2H2,1H3,(H,14,15). The van der Waals surface area contributed by atoms with Crippen LogP contribution in [0.5, 0.6) is 0 Å². The van der Waals surface area contributed by atoms with Gasteiger partial charge in [0.15, 0.2) is 0 Å². The quantitative estimate of drug-likeness (QED) is 0.909. The van der Waals surface area contributed by atoms with Crippen LogP contribution in [0.25, 0.3) is 5.69 Å². The van der Waals surface area contributed by atoms with E-state index in [0.29, 0.717) is 10.0 Å². The Labute approximate surface area is 104 Å². The Morgan fingerprint density at radius 2 is 2.19 bits per heavy atom. The number of hydrogen-bond donors (Lipinski definition) is 1. The molecule has 0 unspecified atom stereocenters. The molecule has 0 spiro atoms. The monoisotopic (exact) mass is 255 g/mol. The number of anilines is 1. The van der Waals surface area contributed by atoms with E-state index in [1.54, 1.807) is 18.3 Å². The molecule has 84 valence electrons. The van der Waals surface area contributed by atoms with Crippen molar-refractivity contribution in [1.82, 2.24) is 9.55 Å². The first kappa shape index (κ1) is 11.3. The summed E-state index contributed by atoms with van der Waals surface area (Å²) < 4.78 is 1.87. The van der Waals surface area contributed by atoms with E-state index in [9.17, 15) is 0 Å². The average molecular weight is 256 g/mol. The molecule has 2 aromatic rings. The van der Waals surface area contributed by atoms with E-state index >= 15 is 0 Å². The second-order valence-electron chi connectivity index (χ2n) is 3.25. The van der Waals surface area contributed by atoms with Gasteiger partial charge < -0.3 is 5.32 Å². The molecule has 1 aromatic heterocycles. The largest absolute Gasteiger partial charge is 0.356 e. The maximum absolute atomic E-state index is 6.12. The first-order valence-electron chi connectivity index (χ1n) is 4.95. The van der Waals surface area contributed by atoms with Gasteiger partial charge in [-0.1, -0.05) is 23.2 Å². The van der Waals surface area contributed by atoms with Crippen LogP contribution in [0.1, 0.15) is 6.92 Å². The first-order chi connectivity index (χ1) is 7.72. The van der Waals surface area contributed by atoms with E-state index < -0.39 is 0 Å². The average Bonchev–Trinajstić information content (AvgIpc) is 2.70. The second kappa shape index (κ2) is 4.76. The van der Waals surface area contributed by atoms with Crippen LogP contribution in [0, 0.1) is 0 Å². The van der Waals surface area contributed by atoms with Crippen molar-refractivity contribution < 1.29 is 0 Å². The summed E-state index contributed by atoms with van der Waals surface area (Å²) in [7, 11) is 0. The molecule has 1 N–H and O–H groups in total. The predicted octanol–water partition coefficient (Wildman–Crippen LogP) is 3.61. The van der Waals surface area contributed by atoms with Gasteiger partial charge in [0.2, 0.25) is 5.95 Å². The van der Waals surface area contributed by atoms with Crippen LogP contribution in [-0.4, -0.2) is 16.1 Å². The maximum atomic E-state index is 6.12. The molecule has 3 nitrogen and oxygen atoms in total. The zero-order chi connectivity index (χ0) is 11.5. The highest BCUT2D eigenvalue weighted by molar-refractivity contribution is 6.34. The Kier molecular flexibility index (Phi) is 3.36. The van der Waals surface area contributed by atoms with E-state index in [1.165, 1.54) is 0 Å². The number of hydrogen-bond acceptors (Lipinski definition) is 2. The van der Waals surface area contributed by atoms with E-state index in [1.807, 2.05) is 23.8 Å². The fourth-order valence-electron chi connectivity index (χ4n) is 1.46. The highest BCUT2D eigenvalue weighted by Crippen LogP contribution is 2.26. The van der Waals surface area contributed by atoms with Gasteiger partial charge in [-0.2, -0.15) is 0 Å². The van der Waals surface area contributed by atoms with Gasteiger partial charge in [0.25, 0.3) is 0 Å². The van der Waals surface area contributed by atoms with E-state index in [2.05, 4.69) is 10.3 Å². The first-order valence-corrected chi connectivity index (χ1v) is 5.70. The minimum Gasteiger partial charge on any atom is -0.356 e. The van der Waals surface area contributed by atoms with Crippen molar-refractivity contribution in [2.75, 3.05) is 11.9 Å². The lowest BCUT2D eigenvalue weighted by molar-refractivity contribution is 1.02. The van der Waals surface area contributed by atoms with Crippen LogP contribution >= 0.6 is 23.2 Å². The van der Waals surface area contributed by atoms with Crippen molar-refractivity contribution in [3.05, 3.63) is 40.6 Å². The lowest BCUT2D eigenvalue weighted by Gasteiger charge is -2.10. The molecule has 2 rings (SSSR count). The molecule has 5 heteroatoms. The topological polar surface area (TPSA) is 29.9 Å². The molecular weight excluding hydrogens is 245 g/mol. The molecule has 1 aromatic carbocycles. The maximum Gasteiger partial charge on any atom is 0.207 e. The number of aromatic nitrogens is 2. The fraction of sp³-hybridized carbons (Fsp3) is 0.182. The molecule has 16 heavy (non-hydrogen) atoms. The molecule has 0 radical (unpaired) electrons. The summed E-state index contributed by atoms with van der Waals surface area (Å²) in [5.74, 6) is 0.756. The lowest BCUT2D eigenvalue weighted by atomic mass is 10.3. The van der Waals surface area contributed by atoms with E-state index in [4.69, 9.17) is 23.2 Å². The summed E-state index contributed by atoms with van der Waals surface area (Å²) in [6.07, 6.45) is 3.56. The molecule has 0 fully saturated rings. The summed E-state index contributed by atoms with van der Waals surface area (Å²) in [6.45, 7) is 2.81. The van der Waals surface area contributed by atoms with Crippen molar-refractivity contribution in [2.24, 2.45) is 0 Å². The Bertz CT molecular complexity index is 494. The Hall–Kier alpha value is -1.19. The third kappa shape index (κ3) is 2.15. The van der Waals surface area contributed by atoms with Gasteiger partial charge in [-0.25, -0.2) is 4.98 Å². The minimum absolute atomic E-state index is 0.640. The van der Waals surface area contributed by atoms with Crippen LogP contribution in [-0.2, 0) is 0 Å². The predicted molar refractivity (Wildman–Crippen MR) is 67.7 cm³/mol. The molecule has 0 amide bonds. The van der Waals surface area contributed by atoms with Gasteiger partial charge in [-0.05, 0) is 25.1 Å². The van der Waals surface area contributed by atoms with Gasteiger partial charge in [-0.3, -0.25) is 4.57 Å². The van der Waals surface area contributed by atoms with Crippen LogP contribution in [0.15, 0.2) is 30.6 Å². The van der Waals surface area contributed by atoms with E-state index in [0.717, 1.165) is 18.2 Å². The molecular formula is C11H11Cl2N3. The number of halogens is 2. The molecule has 1 heterocycles. The van der Waals surface area contributed by atoms with Gasteiger partial charge in [0, 0.05) is 24.0 Å². The third-order valence-electron chi connectivity index (χ3n) is 2.14. The molecule has 0 atom stereocenters. The number of nitrogens with one attached hydrogen (secondary N) is 1. The molecule has 0 bridgehead atoms. The summed E-state index contributed by atoms with van der Waals surface area (Å²) in [6, 6.07) is 5.35. The van der Waals surface area contributed by atoms with Gasteiger partial charge in [-0.15, -0.1) is 0 Å². The highest BCUT2D eigenvalue weighted by Gasteiger charge is 2.08. The number of imidazole rings is 1. The Balaban J connectivity index is 2.49. The Morgan fingerprint density at radius 3 is 2.94 bits per heavy atom. The SMILES string of the molecule is CCNc1nccn1-c1cc(Cl)ccc1Cl. The van der Waals surface area contributed by atoms with Gasteiger partial charge in [0.05, 0.1) is 10.7 Å². The van der Waals surface area contributed by atoms with Crippen molar-refractivity contribution in [1.29, 1.82) is 0 Å². The highest BCUT2D eigenvalue weighted by atomic mass is 35.5. The fourth-order valence-corrected chi connectivity index (χ4v) is 1.83. The second-order valence-corrected chi connectivity index (χ2v) is 4.09. The van der Waals surface area contributed by atoms with E-state index in [-0.39, 0.29) is 0 Å². The number of benzene rings is 1. The van der Waals surface area contributed by atoms with Crippen molar-refractivity contribution in [3.63, 3.8) is 0 Å². The summed E-state index contributed by atoms with van der Waals surface area (Å²) in [4.78, 5) is 4.20. The minimum atomic E-state index is 0.640. The number of nitrogens with zero attached hydrogens (tertiary/aromatic N) is 2. The summed E-state index contributed by atoms with van der Waals surface area (Å²) >= 11 is 12.1. The lowest BCUT2D eigenvalue weighted by Crippen LogP contribution is -2.05. The van der Waals surface area contributed by atoms with Crippen molar-refractivity contribution >= 4 is 29.2 Å². The zero-order valence-corrected chi connectivity index (χ0v) is 10.3. The molecule has 0 saturated heterocycles. The van der Waals surface area contributed by atoms with Gasteiger partial charge >= 0.3 is 0 Å². The summed E-state index contributed by atoms with van der Waals surface area (Å²) in [5.41, 5.74) is 0.822. The third-order valence-corrected chi connectivity index (χ3v) is 2.70. The molecule has 0 saturated carbocycles. The molecule has 0 aliphatic heterocycles.